The van der Waals surface area contributed by atoms with Crippen molar-refractivity contribution in [3.63, 3.8) is 0 Å². The summed E-state index contributed by atoms with van der Waals surface area (Å²) < 4.78 is 5.01. The first-order valence-electron chi connectivity index (χ1n) is 6.80. The summed E-state index contributed by atoms with van der Waals surface area (Å²) in [6, 6.07) is 7.41. The molecular formula is C15H18N2O4. The van der Waals surface area contributed by atoms with Crippen molar-refractivity contribution in [1.29, 1.82) is 0 Å². The molecule has 2 rings (SSSR count). The number of carbonyl (C=O) groups is 3. The SMILES string of the molecule is CCOC(=O)C1(NC(C)=O)Cc2ccccc2CNC1=O. The average molecular weight is 290 g/mol. The Hall–Kier alpha value is -2.37. The van der Waals surface area contributed by atoms with E-state index in [1.165, 1.54) is 6.92 Å². The Balaban J connectivity index is 2.48. The monoisotopic (exact) mass is 290 g/mol. The molecule has 1 aromatic carbocycles. The summed E-state index contributed by atoms with van der Waals surface area (Å²) in [5.41, 5.74) is 0.0362. The average Bonchev–Trinajstić information content (AvgIpc) is 2.57. The van der Waals surface area contributed by atoms with Gasteiger partial charge in [-0.25, -0.2) is 4.79 Å². The van der Waals surface area contributed by atoms with Crippen LogP contribution in [-0.2, 0) is 32.1 Å². The predicted octanol–water partition coefficient (Wildman–Crippen LogP) is 0.297. The van der Waals surface area contributed by atoms with Crippen LogP contribution in [0.15, 0.2) is 24.3 Å². The number of ether oxygens (including phenoxy) is 1. The zero-order valence-electron chi connectivity index (χ0n) is 12.1. The molecule has 0 saturated carbocycles. The van der Waals surface area contributed by atoms with Gasteiger partial charge in [-0.1, -0.05) is 24.3 Å². The van der Waals surface area contributed by atoms with Crippen molar-refractivity contribution in [3.05, 3.63) is 35.4 Å². The molecule has 2 amide bonds. The molecule has 1 aliphatic rings. The number of nitrogens with one attached hydrogen (secondary N) is 2. The first-order valence-corrected chi connectivity index (χ1v) is 6.80. The first kappa shape index (κ1) is 15.0. The van der Waals surface area contributed by atoms with Crippen LogP contribution in [0.5, 0.6) is 0 Å². The highest BCUT2D eigenvalue weighted by molar-refractivity contribution is 6.10. The van der Waals surface area contributed by atoms with Gasteiger partial charge in [0.05, 0.1) is 6.61 Å². The largest absolute Gasteiger partial charge is 0.464 e. The lowest BCUT2D eigenvalue weighted by atomic mass is 9.89. The molecule has 6 heteroatoms. The van der Waals surface area contributed by atoms with E-state index >= 15 is 0 Å². The lowest BCUT2D eigenvalue weighted by Gasteiger charge is -2.29. The number of hydrogen-bond donors (Lipinski definition) is 2. The molecular weight excluding hydrogens is 272 g/mol. The summed E-state index contributed by atoms with van der Waals surface area (Å²) in [4.78, 5) is 36.3. The molecule has 0 bridgehead atoms. The van der Waals surface area contributed by atoms with E-state index in [9.17, 15) is 14.4 Å². The fourth-order valence-corrected chi connectivity index (χ4v) is 2.47. The molecule has 2 N–H and O–H groups in total. The smallest absolute Gasteiger partial charge is 0.342 e. The Morgan fingerprint density at radius 3 is 2.62 bits per heavy atom. The lowest BCUT2D eigenvalue weighted by molar-refractivity contribution is -0.158. The van der Waals surface area contributed by atoms with Crippen LogP contribution in [0.3, 0.4) is 0 Å². The van der Waals surface area contributed by atoms with Crippen molar-refractivity contribution >= 4 is 17.8 Å². The van der Waals surface area contributed by atoms with Crippen molar-refractivity contribution in [1.82, 2.24) is 10.6 Å². The maximum atomic E-state index is 12.4. The van der Waals surface area contributed by atoms with Crippen LogP contribution in [0, 0.1) is 0 Å². The number of amides is 2. The van der Waals surface area contributed by atoms with Crippen molar-refractivity contribution in [3.8, 4) is 0 Å². The summed E-state index contributed by atoms with van der Waals surface area (Å²) in [5, 5.41) is 5.17. The minimum atomic E-state index is -1.71. The quantitative estimate of drug-likeness (QED) is 0.619. The third-order valence-electron chi connectivity index (χ3n) is 3.41. The lowest BCUT2D eigenvalue weighted by Crippen LogP contribution is -2.64. The number of benzene rings is 1. The molecule has 6 nitrogen and oxygen atoms in total. The molecule has 112 valence electrons. The minimum absolute atomic E-state index is 0.0768. The molecule has 1 unspecified atom stereocenters. The van der Waals surface area contributed by atoms with Gasteiger partial charge < -0.3 is 15.4 Å². The molecule has 0 saturated heterocycles. The summed E-state index contributed by atoms with van der Waals surface area (Å²) in [6.07, 6.45) is 0.0768. The van der Waals surface area contributed by atoms with Gasteiger partial charge >= 0.3 is 5.97 Å². The molecule has 1 atom stereocenters. The molecule has 0 aromatic heterocycles. The Kier molecular flexibility index (Phi) is 4.26. The van der Waals surface area contributed by atoms with E-state index < -0.39 is 23.3 Å². The first-order chi connectivity index (χ1) is 9.99. The number of hydrogen-bond acceptors (Lipinski definition) is 4. The van der Waals surface area contributed by atoms with Crippen LogP contribution < -0.4 is 10.6 Å². The van der Waals surface area contributed by atoms with Gasteiger partial charge in [0.2, 0.25) is 11.4 Å². The van der Waals surface area contributed by atoms with Crippen LogP contribution in [0.2, 0.25) is 0 Å². The van der Waals surface area contributed by atoms with E-state index in [1.54, 1.807) is 6.92 Å². The summed E-state index contributed by atoms with van der Waals surface area (Å²) >= 11 is 0. The van der Waals surface area contributed by atoms with E-state index in [2.05, 4.69) is 10.6 Å². The Labute approximate surface area is 122 Å². The Morgan fingerprint density at radius 1 is 1.33 bits per heavy atom. The van der Waals surface area contributed by atoms with E-state index in [4.69, 9.17) is 4.74 Å². The van der Waals surface area contributed by atoms with E-state index in [1.807, 2.05) is 24.3 Å². The molecule has 1 aliphatic heterocycles. The highest BCUT2D eigenvalue weighted by Gasteiger charge is 2.49. The van der Waals surface area contributed by atoms with Gasteiger partial charge in [-0.2, -0.15) is 0 Å². The third-order valence-corrected chi connectivity index (χ3v) is 3.41. The molecule has 1 heterocycles. The zero-order valence-corrected chi connectivity index (χ0v) is 12.1. The van der Waals surface area contributed by atoms with E-state index in [0.717, 1.165) is 11.1 Å². The van der Waals surface area contributed by atoms with Crippen LogP contribution in [0.25, 0.3) is 0 Å². The molecule has 1 aromatic rings. The van der Waals surface area contributed by atoms with Gasteiger partial charge in [0, 0.05) is 19.9 Å². The Bertz CT molecular complexity index is 575. The zero-order chi connectivity index (χ0) is 15.5. The molecule has 21 heavy (non-hydrogen) atoms. The fraction of sp³-hybridized carbons (Fsp3) is 0.400. The summed E-state index contributed by atoms with van der Waals surface area (Å²) in [6.45, 7) is 3.37. The van der Waals surface area contributed by atoms with Gasteiger partial charge in [-0.05, 0) is 18.1 Å². The van der Waals surface area contributed by atoms with Crippen molar-refractivity contribution in [2.24, 2.45) is 0 Å². The Morgan fingerprint density at radius 2 is 2.00 bits per heavy atom. The van der Waals surface area contributed by atoms with Crippen LogP contribution >= 0.6 is 0 Å². The number of rotatable bonds is 3. The molecule has 0 radical (unpaired) electrons. The van der Waals surface area contributed by atoms with Crippen LogP contribution in [0.4, 0.5) is 0 Å². The second-order valence-electron chi connectivity index (χ2n) is 4.94. The van der Waals surface area contributed by atoms with Gasteiger partial charge in [0.1, 0.15) is 0 Å². The van der Waals surface area contributed by atoms with Gasteiger partial charge in [0.15, 0.2) is 0 Å². The summed E-state index contributed by atoms with van der Waals surface area (Å²) in [7, 11) is 0. The third kappa shape index (κ3) is 2.89. The van der Waals surface area contributed by atoms with Gasteiger partial charge in [-0.3, -0.25) is 9.59 Å². The van der Waals surface area contributed by atoms with Crippen molar-refractivity contribution < 1.29 is 19.1 Å². The molecule has 0 fully saturated rings. The topological polar surface area (TPSA) is 84.5 Å². The predicted molar refractivity (Wildman–Crippen MR) is 75.2 cm³/mol. The highest BCUT2D eigenvalue weighted by Crippen LogP contribution is 2.23. The van der Waals surface area contributed by atoms with Crippen LogP contribution in [0.1, 0.15) is 25.0 Å². The number of fused-ring (bicyclic) bond motifs is 1. The standard InChI is InChI=1S/C15H18N2O4/c1-3-21-14(20)15(17-10(2)18)8-11-6-4-5-7-12(11)9-16-13(15)19/h4-7H,3,8-9H2,1-2H3,(H,16,19)(H,17,18). The van der Waals surface area contributed by atoms with E-state index in [-0.39, 0.29) is 13.0 Å². The number of esters is 1. The fourth-order valence-electron chi connectivity index (χ4n) is 2.47. The molecule has 0 aliphatic carbocycles. The second-order valence-corrected chi connectivity index (χ2v) is 4.94. The molecule has 0 spiro atoms. The minimum Gasteiger partial charge on any atom is -0.464 e. The van der Waals surface area contributed by atoms with Gasteiger partial charge in [-0.15, -0.1) is 0 Å². The van der Waals surface area contributed by atoms with Gasteiger partial charge in [0.25, 0.3) is 5.91 Å². The number of carbonyl (C=O) groups excluding carboxylic acids is 3. The van der Waals surface area contributed by atoms with Crippen LogP contribution in [-0.4, -0.2) is 29.9 Å². The second kappa shape index (κ2) is 5.95. The van der Waals surface area contributed by atoms with Crippen molar-refractivity contribution in [2.75, 3.05) is 6.61 Å². The highest BCUT2D eigenvalue weighted by atomic mass is 16.5. The maximum Gasteiger partial charge on any atom is 0.342 e. The van der Waals surface area contributed by atoms with E-state index in [0.29, 0.717) is 6.54 Å². The summed E-state index contributed by atoms with van der Waals surface area (Å²) in [5.74, 6) is -1.75. The maximum absolute atomic E-state index is 12.4. The normalized spacial score (nSPS) is 20.8. The van der Waals surface area contributed by atoms with Crippen molar-refractivity contribution in [2.45, 2.75) is 32.4 Å².